The number of rotatable bonds is 5. The van der Waals surface area contributed by atoms with E-state index in [1.54, 1.807) is 24.5 Å². The van der Waals surface area contributed by atoms with E-state index in [1.807, 2.05) is 34.9 Å². The average Bonchev–Trinajstić information content (AvgIpc) is 2.46. The SMILES string of the molecule is O=C(OC[N+](=O)[O-])c1cc[n+](Cc2ccccc2)cc1. The summed E-state index contributed by atoms with van der Waals surface area (Å²) in [4.78, 5) is 20.9. The summed E-state index contributed by atoms with van der Waals surface area (Å²) in [6.07, 6.45) is 3.46. The molecule has 0 bridgehead atoms. The van der Waals surface area contributed by atoms with Gasteiger partial charge in [0.15, 0.2) is 18.9 Å². The van der Waals surface area contributed by atoms with E-state index in [2.05, 4.69) is 4.74 Å². The van der Waals surface area contributed by atoms with E-state index in [1.165, 1.54) is 0 Å². The lowest BCUT2D eigenvalue weighted by Crippen LogP contribution is -2.33. The Morgan fingerprint density at radius 3 is 2.40 bits per heavy atom. The van der Waals surface area contributed by atoms with E-state index in [0.29, 0.717) is 6.54 Å². The van der Waals surface area contributed by atoms with E-state index >= 15 is 0 Å². The lowest BCUT2D eigenvalue weighted by molar-refractivity contribution is -0.688. The van der Waals surface area contributed by atoms with Crippen molar-refractivity contribution in [3.63, 3.8) is 0 Å². The van der Waals surface area contributed by atoms with Crippen molar-refractivity contribution in [3.8, 4) is 0 Å². The Morgan fingerprint density at radius 2 is 1.80 bits per heavy atom. The minimum absolute atomic E-state index is 0.288. The van der Waals surface area contributed by atoms with Crippen molar-refractivity contribution in [2.24, 2.45) is 0 Å². The van der Waals surface area contributed by atoms with Gasteiger partial charge in [0.25, 0.3) is 0 Å². The van der Waals surface area contributed by atoms with Gasteiger partial charge >= 0.3 is 12.7 Å². The van der Waals surface area contributed by atoms with Gasteiger partial charge in [-0.3, -0.25) is 10.1 Å². The highest BCUT2D eigenvalue weighted by atomic mass is 16.7. The molecule has 0 aliphatic rings. The van der Waals surface area contributed by atoms with Gasteiger partial charge in [-0.05, 0) is 0 Å². The van der Waals surface area contributed by atoms with Crippen molar-refractivity contribution >= 4 is 5.97 Å². The number of carbonyl (C=O) groups excluding carboxylic acids is 1. The highest BCUT2D eigenvalue weighted by molar-refractivity contribution is 5.88. The lowest BCUT2D eigenvalue weighted by Gasteiger charge is -2.00. The predicted molar refractivity (Wildman–Crippen MR) is 69.5 cm³/mol. The number of carbonyl (C=O) groups is 1. The van der Waals surface area contributed by atoms with Crippen LogP contribution in [0.5, 0.6) is 0 Å². The maximum atomic E-state index is 11.5. The van der Waals surface area contributed by atoms with Gasteiger partial charge in [0.1, 0.15) is 0 Å². The van der Waals surface area contributed by atoms with Crippen molar-refractivity contribution in [1.29, 1.82) is 0 Å². The second-order valence-corrected chi connectivity index (χ2v) is 4.14. The molecule has 2 aromatic rings. The second-order valence-electron chi connectivity index (χ2n) is 4.14. The highest BCUT2D eigenvalue weighted by Gasteiger charge is 2.12. The maximum absolute atomic E-state index is 11.5. The summed E-state index contributed by atoms with van der Waals surface area (Å²) in [6.45, 7) is -0.136. The first kappa shape index (κ1) is 13.7. The fraction of sp³-hybridized carbons (Fsp3) is 0.143. The van der Waals surface area contributed by atoms with Crippen molar-refractivity contribution in [2.45, 2.75) is 6.54 Å². The zero-order valence-electron chi connectivity index (χ0n) is 10.6. The van der Waals surface area contributed by atoms with E-state index in [0.717, 1.165) is 5.56 Å². The Balaban J connectivity index is 1.99. The summed E-state index contributed by atoms with van der Waals surface area (Å²) >= 11 is 0. The third kappa shape index (κ3) is 3.88. The molecule has 0 spiro atoms. The zero-order valence-corrected chi connectivity index (χ0v) is 10.6. The number of pyridine rings is 1. The predicted octanol–water partition coefficient (Wildman–Crippen LogP) is 1.41. The van der Waals surface area contributed by atoms with Crippen LogP contribution in [0.3, 0.4) is 0 Å². The van der Waals surface area contributed by atoms with E-state index in [9.17, 15) is 14.9 Å². The number of nitrogens with zero attached hydrogens (tertiary/aromatic N) is 2. The van der Waals surface area contributed by atoms with Gasteiger partial charge in [0, 0.05) is 17.7 Å². The zero-order chi connectivity index (χ0) is 14.4. The first-order valence-corrected chi connectivity index (χ1v) is 5.97. The minimum atomic E-state index is -0.822. The number of esters is 1. The standard InChI is InChI=1S/C14H13N2O4/c17-14(20-11-16(18)19)13-6-8-15(9-7-13)10-12-4-2-1-3-5-12/h1-9H,10-11H2/q+1. The van der Waals surface area contributed by atoms with Crippen LogP contribution in [0.1, 0.15) is 15.9 Å². The van der Waals surface area contributed by atoms with Crippen LogP contribution in [-0.4, -0.2) is 17.6 Å². The quantitative estimate of drug-likeness (QED) is 0.271. The molecule has 0 radical (unpaired) electrons. The summed E-state index contributed by atoms with van der Waals surface area (Å²) in [5, 5.41) is 10.1. The van der Waals surface area contributed by atoms with Gasteiger partial charge in [-0.2, -0.15) is 0 Å². The van der Waals surface area contributed by atoms with Crippen LogP contribution in [0.15, 0.2) is 54.9 Å². The number of aromatic nitrogens is 1. The molecule has 1 aromatic heterocycles. The van der Waals surface area contributed by atoms with Gasteiger partial charge in [-0.1, -0.05) is 30.3 Å². The second kappa shape index (κ2) is 6.42. The minimum Gasteiger partial charge on any atom is -0.397 e. The number of hydrogen-bond acceptors (Lipinski definition) is 4. The molecule has 0 fully saturated rings. The van der Waals surface area contributed by atoms with Crippen molar-refractivity contribution < 1.29 is 19.0 Å². The summed E-state index contributed by atoms with van der Waals surface area (Å²) < 4.78 is 6.40. The summed E-state index contributed by atoms with van der Waals surface area (Å²) in [5.74, 6) is -0.700. The highest BCUT2D eigenvalue weighted by Crippen LogP contribution is 2.01. The van der Waals surface area contributed by atoms with Crippen LogP contribution in [-0.2, 0) is 11.3 Å². The first-order chi connectivity index (χ1) is 9.65. The fourth-order valence-electron chi connectivity index (χ4n) is 1.69. The fourth-order valence-corrected chi connectivity index (χ4v) is 1.69. The van der Waals surface area contributed by atoms with Gasteiger partial charge in [0.2, 0.25) is 0 Å². The Bertz CT molecular complexity index is 596. The van der Waals surface area contributed by atoms with Crippen LogP contribution in [0, 0.1) is 10.1 Å². The van der Waals surface area contributed by atoms with Crippen LogP contribution in [0.4, 0.5) is 0 Å². The molecule has 1 heterocycles. The lowest BCUT2D eigenvalue weighted by atomic mass is 10.2. The number of nitro groups is 1. The smallest absolute Gasteiger partial charge is 0.347 e. The molecule has 20 heavy (non-hydrogen) atoms. The molecule has 0 amide bonds. The van der Waals surface area contributed by atoms with Gasteiger partial charge < -0.3 is 4.74 Å². The number of hydrogen-bond donors (Lipinski definition) is 0. The van der Waals surface area contributed by atoms with E-state index in [-0.39, 0.29) is 5.56 Å². The summed E-state index contributed by atoms with van der Waals surface area (Å²) in [7, 11) is 0. The molecule has 1 aromatic carbocycles. The Morgan fingerprint density at radius 1 is 1.15 bits per heavy atom. The van der Waals surface area contributed by atoms with Crippen LogP contribution < -0.4 is 4.57 Å². The Labute approximate surface area is 115 Å². The number of benzene rings is 1. The van der Waals surface area contributed by atoms with Crippen LogP contribution in [0.2, 0.25) is 0 Å². The van der Waals surface area contributed by atoms with E-state index in [4.69, 9.17) is 0 Å². The molecule has 0 aliphatic heterocycles. The molecule has 6 nitrogen and oxygen atoms in total. The van der Waals surface area contributed by atoms with Crippen molar-refractivity contribution in [1.82, 2.24) is 0 Å². The van der Waals surface area contributed by atoms with Crippen molar-refractivity contribution in [3.05, 3.63) is 76.1 Å². The van der Waals surface area contributed by atoms with Gasteiger partial charge in [-0.15, -0.1) is 0 Å². The van der Waals surface area contributed by atoms with Crippen LogP contribution >= 0.6 is 0 Å². The largest absolute Gasteiger partial charge is 0.397 e. The van der Waals surface area contributed by atoms with Crippen molar-refractivity contribution in [2.75, 3.05) is 6.73 Å². The molecule has 102 valence electrons. The van der Waals surface area contributed by atoms with E-state index < -0.39 is 17.6 Å². The monoisotopic (exact) mass is 273 g/mol. The maximum Gasteiger partial charge on any atom is 0.347 e. The molecule has 0 atom stereocenters. The molecule has 6 heteroatoms. The van der Waals surface area contributed by atoms with Crippen LogP contribution in [0.25, 0.3) is 0 Å². The molecule has 0 saturated carbocycles. The molecule has 0 N–H and O–H groups in total. The Hall–Kier alpha value is -2.76. The van der Waals surface area contributed by atoms with Gasteiger partial charge in [0.05, 0.1) is 10.5 Å². The molecule has 2 rings (SSSR count). The summed E-state index contributed by atoms with van der Waals surface area (Å²) in [6, 6.07) is 13.0. The molecular formula is C14H13N2O4+. The first-order valence-electron chi connectivity index (χ1n) is 5.97. The third-order valence-corrected chi connectivity index (χ3v) is 2.64. The summed E-state index contributed by atoms with van der Waals surface area (Å²) in [5.41, 5.74) is 1.43. The molecule has 0 saturated heterocycles. The molecule has 0 unspecified atom stereocenters. The normalized spacial score (nSPS) is 10.0. The Kier molecular flexibility index (Phi) is 4.39. The molecule has 0 aliphatic carbocycles. The third-order valence-electron chi connectivity index (χ3n) is 2.64. The topological polar surface area (TPSA) is 73.3 Å². The van der Waals surface area contributed by atoms with Gasteiger partial charge in [-0.25, -0.2) is 9.36 Å². The number of ether oxygens (including phenoxy) is 1. The molecular weight excluding hydrogens is 260 g/mol. The average molecular weight is 273 g/mol.